The number of nitrogens with zero attached hydrogens (tertiary/aromatic N) is 1. The second-order valence-corrected chi connectivity index (χ2v) is 12.7. The number of phenols is 1. The van der Waals surface area contributed by atoms with Crippen LogP contribution in [0.4, 0.5) is 0 Å². The number of Topliss-reactive ketones (excluding diaryl/α,β-unsaturated/α-hetero) is 4. The van der Waals surface area contributed by atoms with Gasteiger partial charge in [-0.25, -0.2) is 0 Å². The summed E-state index contributed by atoms with van der Waals surface area (Å²) in [7, 11) is 3.14. The fourth-order valence-corrected chi connectivity index (χ4v) is 8.23. The maximum Gasteiger partial charge on any atom is 0.235 e. The van der Waals surface area contributed by atoms with Crippen LogP contribution in [0, 0.1) is 29.6 Å². The van der Waals surface area contributed by atoms with Crippen LogP contribution in [0.25, 0.3) is 0 Å². The number of aromatic hydroxyl groups is 1. The van der Waals surface area contributed by atoms with Gasteiger partial charge in [-0.05, 0) is 57.3 Å². The molecule has 0 aromatic heterocycles. The molecule has 0 spiro atoms. The number of ether oxygens (including phenoxy) is 1. The molecule has 9 atom stereocenters. The highest BCUT2D eigenvalue weighted by molar-refractivity contribution is 6.32. The van der Waals surface area contributed by atoms with Crippen LogP contribution >= 0.6 is 0 Å². The number of likely N-dealkylation sites (N-methyl/N-ethyl adjacent to an activating group) is 1. The van der Waals surface area contributed by atoms with Gasteiger partial charge in [0, 0.05) is 5.92 Å². The minimum absolute atomic E-state index is 0.0258. The Balaban J connectivity index is 1.71. The van der Waals surface area contributed by atoms with Gasteiger partial charge in [0.15, 0.2) is 34.7 Å². The first-order chi connectivity index (χ1) is 19.3. The van der Waals surface area contributed by atoms with E-state index < -0.39 is 76.4 Å². The van der Waals surface area contributed by atoms with Gasteiger partial charge in [0.05, 0.1) is 35.6 Å². The Morgan fingerprint density at radius 3 is 2.29 bits per heavy atom. The molecule has 222 valence electrons. The Morgan fingerprint density at radius 2 is 1.71 bits per heavy atom. The first-order valence-corrected chi connectivity index (χ1v) is 14.7. The summed E-state index contributed by atoms with van der Waals surface area (Å²) in [6.45, 7) is 3.76. The zero-order valence-electron chi connectivity index (χ0n) is 24.0. The fourth-order valence-electron chi connectivity index (χ4n) is 8.23. The molecule has 4 aliphatic rings. The summed E-state index contributed by atoms with van der Waals surface area (Å²) in [4.78, 5) is 69.7. The number of hydrogen-bond donors (Lipinski definition) is 3. The molecule has 5 rings (SSSR count). The number of ketones is 4. The number of rotatable bonds is 5. The van der Waals surface area contributed by atoms with Crippen LogP contribution < -0.4 is 5.73 Å². The standard InChI is InChI=1S/C31H40N2O8/c1-14-17-12-9-13-18(34)20(17)25(35)21-19(14)27(41-15(2)16-10-7-5-6-8-11-16)23-24(33(3)4)26(36)22(30(32)39)29(38)31(23,40)28(21)37/h9,12-16,19,21-24,27,34,40H,5-8,10-11H2,1-4H3,(H2,32,39). The lowest BCUT2D eigenvalue weighted by Gasteiger charge is -2.57. The van der Waals surface area contributed by atoms with Gasteiger partial charge in [-0.15, -0.1) is 0 Å². The predicted molar refractivity (Wildman–Crippen MR) is 147 cm³/mol. The van der Waals surface area contributed by atoms with E-state index in [0.29, 0.717) is 5.56 Å². The Hall–Kier alpha value is -2.95. The summed E-state index contributed by atoms with van der Waals surface area (Å²) in [5.74, 6) is -11.5. The van der Waals surface area contributed by atoms with Crippen molar-refractivity contribution in [3.05, 3.63) is 29.3 Å². The molecule has 10 heteroatoms. The van der Waals surface area contributed by atoms with E-state index in [1.807, 2.05) is 13.8 Å². The lowest BCUT2D eigenvalue weighted by atomic mass is 9.49. The lowest BCUT2D eigenvalue weighted by molar-refractivity contribution is -0.211. The molecule has 0 saturated heterocycles. The number of nitrogens with two attached hydrogens (primary N) is 1. The Labute approximate surface area is 239 Å². The van der Waals surface area contributed by atoms with E-state index in [0.717, 1.165) is 38.5 Å². The van der Waals surface area contributed by atoms with Crippen molar-refractivity contribution in [2.75, 3.05) is 14.1 Å². The zero-order chi connectivity index (χ0) is 30.0. The zero-order valence-corrected chi connectivity index (χ0v) is 24.0. The van der Waals surface area contributed by atoms with E-state index in [9.17, 15) is 34.2 Å². The van der Waals surface area contributed by atoms with Gasteiger partial charge in [0.25, 0.3) is 0 Å². The van der Waals surface area contributed by atoms with Crippen molar-refractivity contribution in [1.82, 2.24) is 4.90 Å². The predicted octanol–water partition coefficient (Wildman–Crippen LogP) is 1.78. The van der Waals surface area contributed by atoms with E-state index in [2.05, 4.69) is 0 Å². The van der Waals surface area contributed by atoms with E-state index in [1.54, 1.807) is 26.2 Å². The Morgan fingerprint density at radius 1 is 1.07 bits per heavy atom. The number of amides is 1. The number of primary amides is 1. The van der Waals surface area contributed by atoms with Gasteiger partial charge in [0.2, 0.25) is 5.91 Å². The summed E-state index contributed by atoms with van der Waals surface area (Å²) in [5.41, 5.74) is 3.12. The second kappa shape index (κ2) is 10.7. The van der Waals surface area contributed by atoms with Crippen LogP contribution in [0.2, 0.25) is 0 Å². The number of aliphatic hydroxyl groups is 1. The first-order valence-electron chi connectivity index (χ1n) is 14.7. The first kappa shape index (κ1) is 29.5. The number of phenolic OH excluding ortho intramolecular Hbond substituents is 1. The number of carbonyl (C=O) groups excluding carboxylic acids is 5. The highest BCUT2D eigenvalue weighted by Crippen LogP contribution is 2.55. The highest BCUT2D eigenvalue weighted by atomic mass is 16.5. The largest absolute Gasteiger partial charge is 0.507 e. The van der Waals surface area contributed by atoms with Gasteiger partial charge in [-0.3, -0.25) is 28.9 Å². The van der Waals surface area contributed by atoms with Crippen molar-refractivity contribution in [2.45, 2.75) is 82.1 Å². The van der Waals surface area contributed by atoms with E-state index in [-0.39, 0.29) is 23.3 Å². The monoisotopic (exact) mass is 568 g/mol. The minimum atomic E-state index is -2.87. The topological polar surface area (TPSA) is 164 Å². The molecule has 0 radical (unpaired) electrons. The fraction of sp³-hybridized carbons (Fsp3) is 0.645. The Bertz CT molecular complexity index is 1280. The number of fused-ring (bicyclic) bond motifs is 3. The summed E-state index contributed by atoms with van der Waals surface area (Å²) < 4.78 is 6.80. The second-order valence-electron chi connectivity index (χ2n) is 12.7. The number of carbonyl (C=O) groups is 5. The van der Waals surface area contributed by atoms with E-state index in [4.69, 9.17) is 10.5 Å². The quantitative estimate of drug-likeness (QED) is 0.355. The van der Waals surface area contributed by atoms with Crippen LogP contribution in [0.3, 0.4) is 0 Å². The minimum Gasteiger partial charge on any atom is -0.507 e. The maximum atomic E-state index is 14.3. The van der Waals surface area contributed by atoms with Crippen molar-refractivity contribution in [3.8, 4) is 5.75 Å². The van der Waals surface area contributed by atoms with Crippen LogP contribution in [-0.2, 0) is 23.9 Å². The third-order valence-electron chi connectivity index (χ3n) is 10.3. The van der Waals surface area contributed by atoms with Gasteiger partial charge in [0.1, 0.15) is 5.75 Å². The van der Waals surface area contributed by atoms with Crippen LogP contribution in [0.15, 0.2) is 18.2 Å². The molecule has 10 nitrogen and oxygen atoms in total. The van der Waals surface area contributed by atoms with Crippen LogP contribution in [-0.4, -0.2) is 82.1 Å². The van der Waals surface area contributed by atoms with Crippen molar-refractivity contribution < 1.29 is 38.9 Å². The Kier molecular flexibility index (Phi) is 7.72. The molecule has 9 unspecified atom stereocenters. The molecular formula is C31H40N2O8. The summed E-state index contributed by atoms with van der Waals surface area (Å²) in [5, 5.41) is 22.8. The van der Waals surface area contributed by atoms with Gasteiger partial charge < -0.3 is 20.7 Å². The van der Waals surface area contributed by atoms with Gasteiger partial charge in [-0.1, -0.05) is 44.7 Å². The molecule has 0 aliphatic heterocycles. The van der Waals surface area contributed by atoms with Crippen molar-refractivity contribution in [2.24, 2.45) is 35.3 Å². The lowest BCUT2D eigenvalue weighted by Crippen LogP contribution is -2.78. The molecule has 0 heterocycles. The molecule has 1 aromatic carbocycles. The van der Waals surface area contributed by atoms with Gasteiger partial charge in [-0.2, -0.15) is 0 Å². The third kappa shape index (κ3) is 4.37. The molecule has 1 amide bonds. The van der Waals surface area contributed by atoms with Crippen molar-refractivity contribution >= 4 is 29.0 Å². The number of benzene rings is 1. The van der Waals surface area contributed by atoms with Crippen LogP contribution in [0.5, 0.6) is 5.75 Å². The highest BCUT2D eigenvalue weighted by Gasteiger charge is 2.73. The van der Waals surface area contributed by atoms with E-state index in [1.165, 1.54) is 11.0 Å². The molecular weight excluding hydrogens is 528 g/mol. The van der Waals surface area contributed by atoms with Crippen LogP contribution in [0.1, 0.15) is 74.2 Å². The average Bonchev–Trinajstić information content (AvgIpc) is 3.20. The molecule has 0 bridgehead atoms. The molecule has 4 aliphatic carbocycles. The van der Waals surface area contributed by atoms with Crippen molar-refractivity contribution in [3.63, 3.8) is 0 Å². The molecule has 1 aromatic rings. The van der Waals surface area contributed by atoms with Crippen molar-refractivity contribution in [1.29, 1.82) is 0 Å². The van der Waals surface area contributed by atoms with E-state index >= 15 is 0 Å². The average molecular weight is 569 g/mol. The number of hydrogen-bond acceptors (Lipinski definition) is 9. The third-order valence-corrected chi connectivity index (χ3v) is 10.3. The summed E-state index contributed by atoms with van der Waals surface area (Å²) in [6.07, 6.45) is 4.77. The smallest absolute Gasteiger partial charge is 0.235 e. The molecule has 3 fully saturated rings. The maximum absolute atomic E-state index is 14.3. The van der Waals surface area contributed by atoms with Gasteiger partial charge >= 0.3 is 0 Å². The SMILES string of the molecule is CC(OC1C2C(C(=O)c3c(O)cccc3C2C)C(=O)C2(O)C(=O)C(C(N)=O)C(=O)C(N(C)C)C12)C1CCCCCC1. The molecule has 3 saturated carbocycles. The summed E-state index contributed by atoms with van der Waals surface area (Å²) in [6, 6.07) is 3.44. The normalized spacial score (nSPS) is 36.8. The molecule has 4 N–H and O–H groups in total. The summed E-state index contributed by atoms with van der Waals surface area (Å²) >= 11 is 0. The molecule has 41 heavy (non-hydrogen) atoms.